The molecular weight excluding hydrogens is 476 g/mol. The van der Waals surface area contributed by atoms with Crippen LogP contribution in [0, 0.1) is 0 Å². The van der Waals surface area contributed by atoms with Gasteiger partial charge in [-0.1, -0.05) is 44.9 Å². The zero-order valence-corrected chi connectivity index (χ0v) is 21.1. The molecule has 4 atom stereocenters. The summed E-state index contributed by atoms with van der Waals surface area (Å²) in [5.74, 6) is -0.707. The van der Waals surface area contributed by atoms with E-state index in [1.165, 1.54) is 17.7 Å². The molecule has 1 fully saturated rings. The predicted molar refractivity (Wildman–Crippen MR) is 133 cm³/mol. The van der Waals surface area contributed by atoms with Crippen molar-refractivity contribution in [3.63, 3.8) is 0 Å². The fourth-order valence-electron chi connectivity index (χ4n) is 3.87. The Morgan fingerprint density at radius 1 is 1.12 bits per heavy atom. The van der Waals surface area contributed by atoms with E-state index in [2.05, 4.69) is 23.8 Å². The van der Waals surface area contributed by atoms with Gasteiger partial charge in [0.2, 0.25) is 11.7 Å². The maximum absolute atomic E-state index is 11.7. The van der Waals surface area contributed by atoms with E-state index < -0.39 is 23.4 Å². The summed E-state index contributed by atoms with van der Waals surface area (Å²) in [6.45, 7) is 5.66. The highest BCUT2D eigenvalue weighted by Crippen LogP contribution is 2.47. The SMILES string of the molecule is CCCCOC[C@H]1OC(O)(c2csc3c(Oc4ccccc4)ncnc23)[C@H](Cl)[C@@H]1OCCCC. The molecule has 0 spiro atoms. The van der Waals surface area contributed by atoms with Crippen LogP contribution in [-0.4, -0.2) is 52.5 Å². The number of rotatable bonds is 12. The number of nitrogens with zero attached hydrogens (tertiary/aromatic N) is 2. The van der Waals surface area contributed by atoms with Crippen LogP contribution in [0.3, 0.4) is 0 Å². The molecule has 184 valence electrons. The van der Waals surface area contributed by atoms with Crippen molar-refractivity contribution in [1.29, 1.82) is 0 Å². The summed E-state index contributed by atoms with van der Waals surface area (Å²) < 4.78 is 24.7. The molecule has 4 rings (SSSR count). The molecule has 1 aromatic carbocycles. The van der Waals surface area contributed by atoms with Gasteiger partial charge in [0.15, 0.2) is 0 Å². The van der Waals surface area contributed by atoms with Gasteiger partial charge in [0, 0.05) is 24.2 Å². The van der Waals surface area contributed by atoms with Crippen molar-refractivity contribution in [2.75, 3.05) is 19.8 Å². The molecule has 2 aromatic heterocycles. The Balaban J connectivity index is 1.61. The van der Waals surface area contributed by atoms with Gasteiger partial charge in [0.25, 0.3) is 0 Å². The van der Waals surface area contributed by atoms with E-state index in [-0.39, 0.29) is 0 Å². The molecule has 0 aliphatic carbocycles. The number of aromatic nitrogens is 2. The fourth-order valence-corrected chi connectivity index (χ4v) is 5.26. The average Bonchev–Trinajstić information content (AvgIpc) is 3.39. The number of hydrogen-bond donors (Lipinski definition) is 1. The van der Waals surface area contributed by atoms with Crippen molar-refractivity contribution in [3.8, 4) is 11.6 Å². The van der Waals surface area contributed by atoms with Crippen LogP contribution in [0.5, 0.6) is 11.6 Å². The molecule has 9 heteroatoms. The molecule has 0 bridgehead atoms. The van der Waals surface area contributed by atoms with Gasteiger partial charge in [-0.2, -0.15) is 0 Å². The topological polar surface area (TPSA) is 82.9 Å². The number of fused-ring (bicyclic) bond motifs is 1. The highest BCUT2D eigenvalue weighted by molar-refractivity contribution is 7.17. The molecule has 0 radical (unpaired) electrons. The van der Waals surface area contributed by atoms with Gasteiger partial charge in [0.05, 0.1) is 12.1 Å². The summed E-state index contributed by atoms with van der Waals surface area (Å²) in [7, 11) is 0. The summed E-state index contributed by atoms with van der Waals surface area (Å²) in [5.41, 5.74) is 1.02. The minimum atomic E-state index is -1.78. The Kier molecular flexibility index (Phi) is 8.74. The largest absolute Gasteiger partial charge is 0.437 e. The summed E-state index contributed by atoms with van der Waals surface area (Å²) >= 11 is 8.21. The van der Waals surface area contributed by atoms with E-state index in [4.69, 9.17) is 30.5 Å². The summed E-state index contributed by atoms with van der Waals surface area (Å²) in [4.78, 5) is 8.73. The van der Waals surface area contributed by atoms with Crippen molar-refractivity contribution in [3.05, 3.63) is 47.6 Å². The van der Waals surface area contributed by atoms with Gasteiger partial charge in [-0.05, 0) is 25.0 Å². The summed E-state index contributed by atoms with van der Waals surface area (Å²) in [5, 5.41) is 12.7. The Morgan fingerprint density at radius 2 is 1.88 bits per heavy atom. The Hall–Kier alpha value is -1.81. The first-order valence-electron chi connectivity index (χ1n) is 11.8. The quantitative estimate of drug-likeness (QED) is 0.251. The van der Waals surface area contributed by atoms with Crippen LogP contribution in [-0.2, 0) is 20.0 Å². The molecule has 1 saturated heterocycles. The number of thiophene rings is 1. The van der Waals surface area contributed by atoms with E-state index in [0.717, 1.165) is 25.7 Å². The maximum Gasteiger partial charge on any atom is 0.240 e. The number of ether oxygens (including phenoxy) is 4. The number of alkyl halides is 1. The van der Waals surface area contributed by atoms with Crippen molar-refractivity contribution in [2.24, 2.45) is 0 Å². The monoisotopic (exact) mass is 506 g/mol. The third-order valence-electron chi connectivity index (χ3n) is 5.76. The lowest BCUT2D eigenvalue weighted by atomic mass is 10.0. The van der Waals surface area contributed by atoms with E-state index in [1.807, 2.05) is 30.3 Å². The van der Waals surface area contributed by atoms with Crippen molar-refractivity contribution in [2.45, 2.75) is 62.9 Å². The number of aliphatic hydroxyl groups is 1. The minimum absolute atomic E-state index is 0.293. The molecule has 0 saturated carbocycles. The van der Waals surface area contributed by atoms with Gasteiger partial charge >= 0.3 is 0 Å². The molecule has 1 N–H and O–H groups in total. The Bertz CT molecular complexity index is 1050. The third kappa shape index (κ3) is 5.37. The normalized spacial score (nSPS) is 24.6. The first-order valence-corrected chi connectivity index (χ1v) is 13.1. The van der Waals surface area contributed by atoms with Crippen LogP contribution in [0.25, 0.3) is 10.2 Å². The van der Waals surface area contributed by atoms with Gasteiger partial charge in [-0.3, -0.25) is 0 Å². The molecule has 1 aliphatic rings. The zero-order valence-electron chi connectivity index (χ0n) is 19.5. The molecule has 3 heterocycles. The van der Waals surface area contributed by atoms with Crippen LogP contribution in [0.2, 0.25) is 0 Å². The zero-order chi connectivity index (χ0) is 24.0. The third-order valence-corrected chi connectivity index (χ3v) is 7.26. The highest BCUT2D eigenvalue weighted by atomic mass is 35.5. The second-order valence-electron chi connectivity index (χ2n) is 8.29. The molecule has 34 heavy (non-hydrogen) atoms. The first kappa shape index (κ1) is 25.3. The lowest BCUT2D eigenvalue weighted by Crippen LogP contribution is -2.38. The second-order valence-corrected chi connectivity index (χ2v) is 9.64. The summed E-state index contributed by atoms with van der Waals surface area (Å²) in [6, 6.07) is 9.41. The first-order chi connectivity index (χ1) is 16.6. The van der Waals surface area contributed by atoms with Crippen LogP contribution >= 0.6 is 22.9 Å². The van der Waals surface area contributed by atoms with Crippen LogP contribution < -0.4 is 4.74 Å². The molecular formula is C25H31ClN2O5S. The number of para-hydroxylation sites is 1. The molecule has 3 aromatic rings. The predicted octanol–water partition coefficient (Wildman–Crippen LogP) is 5.64. The molecule has 0 amide bonds. The van der Waals surface area contributed by atoms with Crippen LogP contribution in [0.4, 0.5) is 0 Å². The number of hydrogen-bond acceptors (Lipinski definition) is 8. The number of benzene rings is 1. The van der Waals surface area contributed by atoms with Crippen LogP contribution in [0.15, 0.2) is 42.0 Å². The van der Waals surface area contributed by atoms with E-state index in [1.54, 1.807) is 5.38 Å². The van der Waals surface area contributed by atoms with Crippen LogP contribution in [0.1, 0.15) is 45.1 Å². The minimum Gasteiger partial charge on any atom is -0.437 e. The lowest BCUT2D eigenvalue weighted by Gasteiger charge is -2.25. The fraction of sp³-hybridized carbons (Fsp3) is 0.520. The Morgan fingerprint density at radius 3 is 2.65 bits per heavy atom. The number of halogens is 1. The smallest absolute Gasteiger partial charge is 0.240 e. The van der Waals surface area contributed by atoms with Crippen molar-refractivity contribution >= 4 is 33.2 Å². The van der Waals surface area contributed by atoms with E-state index in [0.29, 0.717) is 47.2 Å². The second kappa shape index (κ2) is 11.7. The molecule has 7 nitrogen and oxygen atoms in total. The standard InChI is InChI=1S/C25H31ClN2O5S/c1-3-5-12-30-14-19-21(31-13-6-4-2)23(26)25(29,33-19)18-15-34-22-20(18)27-16-28-24(22)32-17-10-8-7-9-11-17/h7-11,15-16,19,21,23,29H,3-6,12-14H2,1-2H3/t19-,21-,23-,25?/m1/s1. The maximum atomic E-state index is 11.7. The van der Waals surface area contributed by atoms with Gasteiger partial charge < -0.3 is 24.1 Å². The highest BCUT2D eigenvalue weighted by Gasteiger charge is 2.56. The van der Waals surface area contributed by atoms with Gasteiger partial charge in [0.1, 0.15) is 34.4 Å². The molecule has 1 unspecified atom stereocenters. The Labute approximate surface area is 209 Å². The number of unbranched alkanes of at least 4 members (excludes halogenated alkanes) is 2. The average molecular weight is 507 g/mol. The molecule has 1 aliphatic heterocycles. The van der Waals surface area contributed by atoms with E-state index in [9.17, 15) is 5.11 Å². The van der Waals surface area contributed by atoms with Crippen molar-refractivity contribution in [1.82, 2.24) is 9.97 Å². The summed E-state index contributed by atoms with van der Waals surface area (Å²) in [6.07, 6.45) is 4.29. The van der Waals surface area contributed by atoms with Crippen molar-refractivity contribution < 1.29 is 24.1 Å². The van der Waals surface area contributed by atoms with Gasteiger partial charge in [-0.15, -0.1) is 22.9 Å². The van der Waals surface area contributed by atoms with E-state index >= 15 is 0 Å². The van der Waals surface area contributed by atoms with Gasteiger partial charge in [-0.25, -0.2) is 9.97 Å². The lowest BCUT2D eigenvalue weighted by molar-refractivity contribution is -0.207.